The number of para-hydroxylation sites is 1. The first-order valence-corrected chi connectivity index (χ1v) is 11.0. The van der Waals surface area contributed by atoms with Crippen molar-refractivity contribution in [3.63, 3.8) is 0 Å². The van der Waals surface area contributed by atoms with Crippen LogP contribution < -0.4 is 16.8 Å². The summed E-state index contributed by atoms with van der Waals surface area (Å²) in [6.07, 6.45) is -2.76. The molecule has 8 nitrogen and oxygen atoms in total. The van der Waals surface area contributed by atoms with Gasteiger partial charge in [0.25, 0.3) is 12.3 Å². The molecule has 2 heterocycles. The van der Waals surface area contributed by atoms with E-state index in [1.165, 1.54) is 0 Å². The van der Waals surface area contributed by atoms with Gasteiger partial charge in [-0.1, -0.05) is 18.2 Å². The third-order valence-electron chi connectivity index (χ3n) is 5.32. The van der Waals surface area contributed by atoms with Crippen LogP contribution >= 0.6 is 0 Å². The van der Waals surface area contributed by atoms with Crippen LogP contribution in [0.15, 0.2) is 95.4 Å². The number of alkyl halides is 2. The number of nitrogen functional groups attached to an aromatic ring is 2. The molecule has 0 aliphatic carbocycles. The molecule has 0 fully saturated rings. The molecule has 0 aliphatic heterocycles. The minimum Gasteiger partial charge on any atom is -0.475 e. The molecule has 0 spiro atoms. The number of benzene rings is 3. The van der Waals surface area contributed by atoms with Gasteiger partial charge in [-0.25, -0.2) is 13.6 Å². The normalized spacial score (nSPS) is 10.7. The number of fused-ring (bicyclic) bond motifs is 1. The highest BCUT2D eigenvalue weighted by Gasteiger charge is 2.17. The highest BCUT2D eigenvalue weighted by Crippen LogP contribution is 2.26. The summed E-state index contributed by atoms with van der Waals surface area (Å²) in [5.41, 5.74) is 15.9. The number of aromatic nitrogens is 1. The molecule has 0 bridgehead atoms. The van der Waals surface area contributed by atoms with E-state index in [-0.39, 0.29) is 5.91 Å². The number of halogens is 2. The van der Waals surface area contributed by atoms with Crippen molar-refractivity contribution in [3.05, 3.63) is 108 Å². The monoisotopic (exact) mass is 504 g/mol. The predicted molar refractivity (Wildman–Crippen MR) is 137 cm³/mol. The van der Waals surface area contributed by atoms with Crippen molar-refractivity contribution in [1.82, 2.24) is 4.57 Å². The second-order valence-electron chi connectivity index (χ2n) is 7.90. The van der Waals surface area contributed by atoms with Crippen molar-refractivity contribution in [2.24, 2.45) is 0 Å². The number of carboxylic acid groups (broad SMARTS) is 1. The molecular weight excluding hydrogens is 482 g/mol. The molecule has 5 aromatic rings. The Morgan fingerprint density at radius 1 is 0.865 bits per heavy atom. The van der Waals surface area contributed by atoms with E-state index >= 15 is 0 Å². The minimum absolute atomic E-state index is 0.192. The van der Waals surface area contributed by atoms with Crippen molar-refractivity contribution in [2.45, 2.75) is 6.43 Å². The molecule has 3 aromatic carbocycles. The number of carbonyl (C=O) groups is 2. The summed E-state index contributed by atoms with van der Waals surface area (Å²) in [6, 6.07) is 26.2. The number of nitrogens with two attached hydrogens (primary N) is 2. The molecular formula is C27H22F2N4O4. The molecule has 1 amide bonds. The van der Waals surface area contributed by atoms with E-state index in [4.69, 9.17) is 16.6 Å². The summed E-state index contributed by atoms with van der Waals surface area (Å²) >= 11 is 0. The average Bonchev–Trinajstić information content (AvgIpc) is 3.53. The summed E-state index contributed by atoms with van der Waals surface area (Å²) in [4.78, 5) is 23.0. The van der Waals surface area contributed by atoms with Crippen molar-refractivity contribution < 1.29 is 27.9 Å². The lowest BCUT2D eigenvalue weighted by molar-refractivity contribution is 0.0644. The van der Waals surface area contributed by atoms with Crippen LogP contribution in [0, 0.1) is 0 Å². The summed E-state index contributed by atoms with van der Waals surface area (Å²) in [6.45, 7) is 0. The van der Waals surface area contributed by atoms with Crippen molar-refractivity contribution in [1.29, 1.82) is 0 Å². The number of carboxylic acids is 1. The Bertz CT molecular complexity index is 1540. The molecule has 0 aliphatic rings. The van der Waals surface area contributed by atoms with Gasteiger partial charge in [0.1, 0.15) is 5.69 Å². The Hall–Kier alpha value is -5.12. The van der Waals surface area contributed by atoms with E-state index in [0.717, 1.165) is 28.7 Å². The van der Waals surface area contributed by atoms with Crippen LogP contribution in [-0.4, -0.2) is 21.6 Å². The zero-order chi connectivity index (χ0) is 26.5. The van der Waals surface area contributed by atoms with Gasteiger partial charge in [0.05, 0.1) is 5.52 Å². The second kappa shape index (κ2) is 10.6. The standard InChI is InChI=1S/C21H18N4O.C6H4F2O3/c22-15-5-9-17(10-6-15)24-21(26)20-13-14-3-1-2-4-19(14)25(20)18-11-7-16(23)8-12-18;7-5(8)3-1-2-4(11-3)6(9)10/h1-13H,22-23H2,(H,24,26);1-2,5H,(H,9,10). The smallest absolute Gasteiger partial charge is 0.371 e. The minimum atomic E-state index is -2.76. The molecule has 6 N–H and O–H groups in total. The fourth-order valence-corrected chi connectivity index (χ4v) is 3.57. The quantitative estimate of drug-likeness (QED) is 0.218. The largest absolute Gasteiger partial charge is 0.475 e. The number of nitrogens with one attached hydrogen (secondary N) is 1. The Morgan fingerprint density at radius 2 is 1.49 bits per heavy atom. The van der Waals surface area contributed by atoms with Gasteiger partial charge >= 0.3 is 5.97 Å². The molecule has 0 unspecified atom stereocenters. The van der Waals surface area contributed by atoms with Crippen LogP contribution in [0.1, 0.15) is 33.2 Å². The topological polar surface area (TPSA) is 137 Å². The first-order valence-electron chi connectivity index (χ1n) is 11.0. The number of carbonyl (C=O) groups excluding carboxylic acids is 1. The lowest BCUT2D eigenvalue weighted by Gasteiger charge is -2.12. The number of hydrogen-bond acceptors (Lipinski definition) is 5. The number of amides is 1. The average molecular weight is 504 g/mol. The Morgan fingerprint density at radius 3 is 2.05 bits per heavy atom. The van der Waals surface area contributed by atoms with Crippen LogP contribution in [-0.2, 0) is 0 Å². The van der Waals surface area contributed by atoms with Crippen LogP contribution in [0.4, 0.5) is 25.8 Å². The van der Waals surface area contributed by atoms with Crippen LogP contribution in [0.2, 0.25) is 0 Å². The fraction of sp³-hybridized carbons (Fsp3) is 0.0370. The summed E-state index contributed by atoms with van der Waals surface area (Å²) in [5.74, 6) is -2.64. The Kier molecular flexibility index (Phi) is 7.19. The number of anilines is 3. The number of furan rings is 1. The lowest BCUT2D eigenvalue weighted by atomic mass is 10.2. The van der Waals surface area contributed by atoms with Crippen molar-refractivity contribution in [2.75, 3.05) is 16.8 Å². The van der Waals surface area contributed by atoms with E-state index in [1.807, 2.05) is 59.2 Å². The van der Waals surface area contributed by atoms with Gasteiger partial charge in [-0.05, 0) is 72.8 Å². The zero-order valence-electron chi connectivity index (χ0n) is 19.3. The molecule has 5 rings (SSSR count). The van der Waals surface area contributed by atoms with Gasteiger partial charge in [-0.15, -0.1) is 0 Å². The second-order valence-corrected chi connectivity index (χ2v) is 7.90. The zero-order valence-corrected chi connectivity index (χ0v) is 19.3. The SMILES string of the molecule is Nc1ccc(NC(=O)c2cc3ccccc3n2-c2ccc(N)cc2)cc1.O=C(O)c1ccc(C(F)F)o1. The van der Waals surface area contributed by atoms with Crippen LogP contribution in [0.25, 0.3) is 16.6 Å². The number of nitrogens with zero attached hydrogens (tertiary/aromatic N) is 1. The molecule has 0 radical (unpaired) electrons. The molecule has 2 aromatic heterocycles. The van der Waals surface area contributed by atoms with Crippen molar-refractivity contribution >= 4 is 39.8 Å². The van der Waals surface area contributed by atoms with Crippen LogP contribution in [0.3, 0.4) is 0 Å². The number of aromatic carboxylic acids is 1. The summed E-state index contributed by atoms with van der Waals surface area (Å²) in [5, 5.41) is 12.2. The van der Waals surface area contributed by atoms with E-state index < -0.39 is 23.9 Å². The maximum atomic E-state index is 12.9. The third kappa shape index (κ3) is 5.76. The fourth-order valence-electron chi connectivity index (χ4n) is 3.57. The summed E-state index contributed by atoms with van der Waals surface area (Å²) in [7, 11) is 0. The van der Waals surface area contributed by atoms with Gasteiger partial charge in [-0.2, -0.15) is 0 Å². The lowest BCUT2D eigenvalue weighted by Crippen LogP contribution is -2.16. The first-order chi connectivity index (χ1) is 17.7. The Balaban J connectivity index is 0.000000245. The highest BCUT2D eigenvalue weighted by atomic mass is 19.3. The maximum Gasteiger partial charge on any atom is 0.371 e. The van der Waals surface area contributed by atoms with Gasteiger partial charge in [-0.3, -0.25) is 4.79 Å². The Labute approximate surface area is 209 Å². The number of hydrogen-bond donors (Lipinski definition) is 4. The highest BCUT2D eigenvalue weighted by molar-refractivity contribution is 6.07. The van der Waals surface area contributed by atoms with Crippen LogP contribution in [0.5, 0.6) is 0 Å². The van der Waals surface area contributed by atoms with Gasteiger partial charge in [0, 0.05) is 28.1 Å². The molecule has 0 saturated heterocycles. The van der Waals surface area contributed by atoms with Gasteiger partial charge in [0.15, 0.2) is 5.76 Å². The van der Waals surface area contributed by atoms with E-state index in [0.29, 0.717) is 22.8 Å². The van der Waals surface area contributed by atoms with E-state index in [1.54, 1.807) is 24.3 Å². The predicted octanol–water partition coefficient (Wildman–Crippen LogP) is 5.96. The number of rotatable bonds is 5. The molecule has 0 atom stereocenters. The van der Waals surface area contributed by atoms with E-state index in [2.05, 4.69) is 9.73 Å². The maximum absolute atomic E-state index is 12.9. The third-order valence-corrected chi connectivity index (χ3v) is 5.32. The first kappa shape index (κ1) is 25.0. The van der Waals surface area contributed by atoms with E-state index in [9.17, 15) is 18.4 Å². The molecule has 37 heavy (non-hydrogen) atoms. The molecule has 0 saturated carbocycles. The molecule has 10 heteroatoms. The summed E-state index contributed by atoms with van der Waals surface area (Å²) < 4.78 is 29.7. The van der Waals surface area contributed by atoms with Gasteiger partial charge < -0.3 is 30.9 Å². The molecule has 188 valence electrons. The van der Waals surface area contributed by atoms with Crippen molar-refractivity contribution in [3.8, 4) is 5.69 Å². The van der Waals surface area contributed by atoms with Gasteiger partial charge in [0.2, 0.25) is 5.76 Å².